The van der Waals surface area contributed by atoms with Gasteiger partial charge in [-0.3, -0.25) is 39.9 Å². The molecule has 0 fully saturated rings. The van der Waals surface area contributed by atoms with Gasteiger partial charge in [-0.25, -0.2) is 5.56 Å². The summed E-state index contributed by atoms with van der Waals surface area (Å²) in [5, 5.41) is 28.8. The monoisotopic (exact) mass is 1210 g/mol. The largest absolute Gasteiger partial charge is 1.00 e. The fourth-order valence-electron chi connectivity index (χ4n) is 4.34. The van der Waals surface area contributed by atoms with Crippen molar-refractivity contribution in [3.05, 3.63) is 117 Å². The van der Waals surface area contributed by atoms with E-state index in [0.717, 1.165) is 49.9 Å². The SMILES string of the molecule is C.Cc1[c-]cc(CBr)c(C)[c-]1.Cc1[c-]cc(COc2ccc3c(c2)B(O)OC3)c(C)[c-]1.OB1OCc2ccc(O)cc21.[H-].[K+].[W].[W].[Y].[Y]. The Labute approximate surface area is 412 Å². The molecule has 0 atom stereocenters. The molecule has 0 saturated heterocycles. The van der Waals surface area contributed by atoms with Gasteiger partial charge in [0.2, 0.25) is 0 Å². The van der Waals surface area contributed by atoms with E-state index in [0.29, 0.717) is 25.3 Å². The number of benzene rings is 4. The number of rotatable bonds is 4. The van der Waals surface area contributed by atoms with E-state index in [1.807, 2.05) is 51.1 Å². The summed E-state index contributed by atoms with van der Waals surface area (Å²) in [6, 6.07) is 27.1. The van der Waals surface area contributed by atoms with Crippen LogP contribution in [0.4, 0.5) is 0 Å². The van der Waals surface area contributed by atoms with Crippen LogP contribution in [0.5, 0.6) is 11.5 Å². The Morgan fingerprint density at radius 3 is 1.77 bits per heavy atom. The molecule has 3 N–H and O–H groups in total. The molecule has 0 aliphatic carbocycles. The summed E-state index contributed by atoms with van der Waals surface area (Å²) >= 11 is 3.39. The van der Waals surface area contributed by atoms with Crippen molar-refractivity contribution in [2.75, 3.05) is 0 Å². The third-order valence-electron chi connectivity index (χ3n) is 6.75. The van der Waals surface area contributed by atoms with Gasteiger partial charge in [0.15, 0.2) is 0 Å². The van der Waals surface area contributed by atoms with Crippen LogP contribution in [0.1, 0.15) is 53.4 Å². The third-order valence-corrected chi connectivity index (χ3v) is 7.35. The molecule has 4 aromatic rings. The van der Waals surface area contributed by atoms with Crippen LogP contribution in [0, 0.1) is 52.0 Å². The molecule has 2 heterocycles. The van der Waals surface area contributed by atoms with E-state index in [2.05, 4.69) is 47.1 Å². The van der Waals surface area contributed by atoms with Gasteiger partial charge in [-0.1, -0.05) is 52.6 Å². The maximum atomic E-state index is 9.68. The second-order valence-electron chi connectivity index (χ2n) is 9.87. The van der Waals surface area contributed by atoms with Crippen LogP contribution in [0.15, 0.2) is 48.5 Å². The van der Waals surface area contributed by atoms with Gasteiger partial charge in [0.25, 0.3) is 0 Å². The Hall–Kier alpha value is 2.15. The van der Waals surface area contributed by atoms with Crippen LogP contribution < -0.4 is 67.0 Å². The molecule has 4 aromatic carbocycles. The number of ether oxygens (including phenoxy) is 1. The summed E-state index contributed by atoms with van der Waals surface area (Å²) in [6.07, 6.45) is 0. The summed E-state index contributed by atoms with van der Waals surface area (Å²) in [7, 11) is -1.70. The summed E-state index contributed by atoms with van der Waals surface area (Å²) in [6.45, 7) is 9.41. The normalized spacial score (nSPS) is 11.4. The first-order valence-electron chi connectivity index (χ1n) is 13.2. The summed E-state index contributed by atoms with van der Waals surface area (Å²) in [4.78, 5) is 0. The summed E-state index contributed by atoms with van der Waals surface area (Å²) < 4.78 is 15.9. The number of aromatic hydroxyl groups is 1. The van der Waals surface area contributed by atoms with Crippen LogP contribution in [0.25, 0.3) is 0 Å². The van der Waals surface area contributed by atoms with Crippen molar-refractivity contribution in [2.45, 2.75) is 60.3 Å². The average Bonchev–Trinajstić information content (AvgIpc) is 3.50. The Morgan fingerprint density at radius 1 is 0.809 bits per heavy atom. The number of hydrogen-bond donors (Lipinski definition) is 3. The average molecular weight is 1210 g/mol. The minimum absolute atomic E-state index is 0. The first kappa shape index (κ1) is 53.5. The van der Waals surface area contributed by atoms with Gasteiger partial charge in [0.05, 0.1) is 13.2 Å². The van der Waals surface area contributed by atoms with E-state index < -0.39 is 14.2 Å². The molecule has 6 nitrogen and oxygen atoms in total. The maximum Gasteiger partial charge on any atom is 1.00 e. The maximum absolute atomic E-state index is 9.68. The minimum atomic E-state index is -0.864. The fraction of sp³-hybridized carbons (Fsp3) is 0.273. The molecule has 47 heavy (non-hydrogen) atoms. The first-order chi connectivity index (χ1) is 19.6. The van der Waals surface area contributed by atoms with E-state index in [4.69, 9.17) is 19.2 Å². The van der Waals surface area contributed by atoms with Crippen molar-refractivity contribution in [3.63, 3.8) is 0 Å². The van der Waals surface area contributed by atoms with E-state index >= 15 is 0 Å². The zero-order valence-electron chi connectivity index (χ0n) is 27.5. The number of alkyl halides is 1. The van der Waals surface area contributed by atoms with Crippen molar-refractivity contribution in [1.29, 1.82) is 0 Å². The van der Waals surface area contributed by atoms with E-state index in [1.165, 1.54) is 17.2 Å². The van der Waals surface area contributed by atoms with Crippen molar-refractivity contribution in [2.24, 2.45) is 0 Å². The topological polar surface area (TPSA) is 88.4 Å². The molecule has 0 spiro atoms. The fourth-order valence-corrected chi connectivity index (χ4v) is 4.92. The third kappa shape index (κ3) is 16.4. The van der Waals surface area contributed by atoms with Crippen LogP contribution in [-0.2, 0) is 142 Å². The molecule has 2 aliphatic rings. The molecule has 0 aromatic heterocycles. The summed E-state index contributed by atoms with van der Waals surface area (Å²) in [5.41, 5.74) is 10.1. The van der Waals surface area contributed by atoms with E-state index in [1.54, 1.807) is 12.1 Å². The van der Waals surface area contributed by atoms with Gasteiger partial charge >= 0.3 is 65.6 Å². The number of hydrogen-bond acceptors (Lipinski definition) is 6. The molecule has 0 saturated carbocycles. The molecule has 2 radical (unpaired) electrons. The van der Waals surface area contributed by atoms with Gasteiger partial charge in [-0.2, -0.15) is 0 Å². The van der Waals surface area contributed by atoms with Crippen LogP contribution in [-0.4, -0.2) is 29.4 Å². The van der Waals surface area contributed by atoms with Gasteiger partial charge in [-0.15, -0.1) is 15.9 Å². The van der Waals surface area contributed by atoms with Crippen LogP contribution >= 0.6 is 15.9 Å². The van der Waals surface area contributed by atoms with Crippen LogP contribution in [0.2, 0.25) is 0 Å². The van der Waals surface area contributed by atoms with E-state index in [-0.39, 0.29) is 174 Å². The van der Waals surface area contributed by atoms with Crippen molar-refractivity contribution >= 4 is 41.1 Å². The quantitative estimate of drug-likeness (QED) is 0.165. The molecule has 6 rings (SSSR count). The Bertz CT molecular complexity index is 1530. The summed E-state index contributed by atoms with van der Waals surface area (Å²) in [5.74, 6) is 0.890. The molecule has 14 heteroatoms. The second kappa shape index (κ2) is 26.8. The smallest absolute Gasteiger partial charge is 1.00 e. The molecule has 0 bridgehead atoms. The predicted molar refractivity (Wildman–Crippen MR) is 171 cm³/mol. The number of phenols is 1. The van der Waals surface area contributed by atoms with E-state index in [9.17, 15) is 10.0 Å². The molecule has 240 valence electrons. The van der Waals surface area contributed by atoms with Crippen molar-refractivity contribution in [1.82, 2.24) is 0 Å². The standard InChI is InChI=1S/C16H15BO3.C9H9Br.C7H7BO3.CH4.K.2W.2Y.H/c1-11-3-4-13(12(2)7-11)9-19-15-6-5-14-10-20-17(18)16(14)8-15;1-7-3-4-9(6-10)8(2)5-7;9-6-2-1-5-4-11-8(10)7(5)3-6;;;;;;;/h4-6,8,18H,9-10H2,1-2H3;4H,6H2,1-2H3;1-3,9-10H,4H2;1H4;;;;;;/q2*-2;;;+1;;;;;-1. The zero-order valence-corrected chi connectivity index (χ0v) is 42.8. The number of halogens is 1. The Morgan fingerprint density at radius 2 is 1.28 bits per heavy atom. The zero-order chi connectivity index (χ0) is 29.5. The molecule has 2 aliphatic heterocycles. The van der Waals surface area contributed by atoms with Gasteiger partial charge in [-0.05, 0) is 46.3 Å². The van der Waals surface area contributed by atoms with Gasteiger partial charge in [0, 0.05) is 114 Å². The Balaban J connectivity index is -0.000000302. The van der Waals surface area contributed by atoms with Crippen molar-refractivity contribution < 1.29 is 190 Å². The van der Waals surface area contributed by atoms with Gasteiger partial charge in [0.1, 0.15) is 11.5 Å². The molecule has 0 amide bonds. The predicted octanol–water partition coefficient (Wildman–Crippen LogP) is 1.85. The molecule has 0 unspecified atom stereocenters. The van der Waals surface area contributed by atoms with Gasteiger partial charge < -0.3 is 54.9 Å². The number of phenolic OH excluding ortho intramolecular Hbond substituents is 1. The molecular weight excluding hydrogens is 1180 g/mol. The number of fused-ring (bicyclic) bond motifs is 2. The molecular formula is C33H36B2BrKO6W2Y2-4. The first-order valence-corrected chi connectivity index (χ1v) is 14.3. The number of aryl methyl sites for hydroxylation is 4. The van der Waals surface area contributed by atoms with Crippen LogP contribution in [0.3, 0.4) is 0 Å². The van der Waals surface area contributed by atoms with Crippen molar-refractivity contribution in [3.8, 4) is 11.5 Å². The second-order valence-corrected chi connectivity index (χ2v) is 10.4. The Kier molecular flexibility index (Phi) is 30.6. The minimum Gasteiger partial charge on any atom is -1.00 e.